The van der Waals surface area contributed by atoms with E-state index in [0.717, 1.165) is 6.54 Å². The summed E-state index contributed by atoms with van der Waals surface area (Å²) >= 11 is 5.60. The second-order valence-corrected chi connectivity index (χ2v) is 5.42. The van der Waals surface area contributed by atoms with Crippen LogP contribution in [0.1, 0.15) is 11.6 Å². The molecule has 1 heterocycles. The van der Waals surface area contributed by atoms with Crippen molar-refractivity contribution in [2.24, 2.45) is 0 Å². The van der Waals surface area contributed by atoms with Crippen molar-refractivity contribution in [1.82, 2.24) is 9.80 Å². The summed E-state index contributed by atoms with van der Waals surface area (Å²) in [5.74, 6) is -0.0648. The number of benzene rings is 1. The number of ether oxygens (including phenoxy) is 1. The maximum Gasteiger partial charge on any atom is 0.237 e. The summed E-state index contributed by atoms with van der Waals surface area (Å²) in [6.07, 6.45) is -0.0340. The van der Waals surface area contributed by atoms with Gasteiger partial charge in [-0.1, -0.05) is 30.3 Å². The van der Waals surface area contributed by atoms with Crippen LogP contribution >= 0.6 is 24.0 Å². The molecule has 2 atom stereocenters. The monoisotopic (exact) mass is 332 g/mol. The van der Waals surface area contributed by atoms with Crippen molar-refractivity contribution in [1.29, 1.82) is 0 Å². The summed E-state index contributed by atoms with van der Waals surface area (Å²) in [4.78, 5) is 15.6. The number of rotatable bonds is 4. The topological polar surface area (TPSA) is 32.8 Å². The first-order chi connectivity index (χ1) is 9.63. The van der Waals surface area contributed by atoms with Crippen LogP contribution in [0, 0.1) is 0 Å². The van der Waals surface area contributed by atoms with Gasteiger partial charge in [0.05, 0.1) is 18.8 Å². The first-order valence-corrected chi connectivity index (χ1v) is 7.33. The van der Waals surface area contributed by atoms with Gasteiger partial charge >= 0.3 is 0 Å². The lowest BCUT2D eigenvalue weighted by molar-refractivity contribution is -0.132. The van der Waals surface area contributed by atoms with Gasteiger partial charge in [-0.15, -0.1) is 24.0 Å². The second kappa shape index (κ2) is 8.59. The molecule has 0 radical (unpaired) electrons. The molecule has 1 saturated heterocycles. The molecule has 0 aromatic heterocycles. The molecule has 6 heteroatoms. The van der Waals surface area contributed by atoms with Gasteiger partial charge in [-0.05, 0) is 12.6 Å². The Morgan fingerprint density at radius 2 is 2.10 bits per heavy atom. The van der Waals surface area contributed by atoms with Crippen LogP contribution in [-0.4, -0.2) is 61.5 Å². The first-order valence-electron chi connectivity index (χ1n) is 6.80. The van der Waals surface area contributed by atoms with Gasteiger partial charge in [0.2, 0.25) is 5.91 Å². The van der Waals surface area contributed by atoms with Crippen molar-refractivity contribution in [2.45, 2.75) is 12.1 Å². The molecular weight excluding hydrogens is 311 g/mol. The number of nitrogens with zero attached hydrogens (tertiary/aromatic N) is 2. The molecule has 118 valence electrons. The molecule has 0 bridgehead atoms. The van der Waals surface area contributed by atoms with Gasteiger partial charge in [-0.2, -0.15) is 0 Å². The average Bonchev–Trinajstić information content (AvgIpc) is 2.47. The summed E-state index contributed by atoms with van der Waals surface area (Å²) in [6.45, 7) is 2.13. The molecule has 1 fully saturated rings. The minimum absolute atomic E-state index is 0. The predicted molar refractivity (Wildman–Crippen MR) is 87.2 cm³/mol. The molecule has 1 aliphatic rings. The fourth-order valence-corrected chi connectivity index (χ4v) is 2.81. The molecule has 1 amide bonds. The standard InChI is InChI=1S/C15H21ClN2O2.ClH/c1-17-8-9-20-13(11-18(2)14(19)10-16)15(17)12-6-4-3-5-7-12;/h3-7,13,15H,8-11H2,1-2H3;1H. The summed E-state index contributed by atoms with van der Waals surface area (Å²) in [7, 11) is 3.86. The third-order valence-electron chi connectivity index (χ3n) is 3.74. The number of amides is 1. The Labute approximate surface area is 137 Å². The van der Waals surface area contributed by atoms with E-state index in [1.165, 1.54) is 5.56 Å². The van der Waals surface area contributed by atoms with Crippen molar-refractivity contribution in [3.63, 3.8) is 0 Å². The Hall–Kier alpha value is -0.810. The Bertz CT molecular complexity index is 445. The highest BCUT2D eigenvalue weighted by Crippen LogP contribution is 2.28. The van der Waals surface area contributed by atoms with Crippen LogP contribution in [0.3, 0.4) is 0 Å². The molecule has 1 aromatic carbocycles. The van der Waals surface area contributed by atoms with Crippen LogP contribution in [-0.2, 0) is 9.53 Å². The Balaban J connectivity index is 0.00000220. The van der Waals surface area contributed by atoms with Gasteiger partial charge in [-0.25, -0.2) is 0 Å². The Morgan fingerprint density at radius 3 is 2.71 bits per heavy atom. The van der Waals surface area contributed by atoms with Crippen molar-refractivity contribution in [3.05, 3.63) is 35.9 Å². The molecule has 0 N–H and O–H groups in total. The molecule has 0 spiro atoms. The van der Waals surface area contributed by atoms with Crippen LogP contribution in [0.25, 0.3) is 0 Å². The molecular formula is C15H22Cl2N2O2. The zero-order valence-electron chi connectivity index (χ0n) is 12.4. The number of alkyl halides is 1. The molecule has 1 aromatic rings. The zero-order chi connectivity index (χ0) is 14.5. The third-order valence-corrected chi connectivity index (χ3v) is 3.97. The fourth-order valence-electron chi connectivity index (χ4n) is 2.61. The Kier molecular flexibility index (Phi) is 7.46. The normalized spacial score (nSPS) is 22.4. The molecule has 0 aliphatic carbocycles. The summed E-state index contributed by atoms with van der Waals surface area (Å²) < 4.78 is 5.90. The molecule has 2 rings (SSSR count). The van der Waals surface area contributed by atoms with Gasteiger partial charge < -0.3 is 9.64 Å². The smallest absolute Gasteiger partial charge is 0.237 e. The quantitative estimate of drug-likeness (QED) is 0.792. The molecule has 1 aliphatic heterocycles. The van der Waals surface area contributed by atoms with Gasteiger partial charge in [0.1, 0.15) is 5.88 Å². The van der Waals surface area contributed by atoms with Crippen LogP contribution in [0.2, 0.25) is 0 Å². The van der Waals surface area contributed by atoms with Crippen LogP contribution in [0.5, 0.6) is 0 Å². The molecule has 4 nitrogen and oxygen atoms in total. The average molecular weight is 333 g/mol. The number of halogens is 2. The lowest BCUT2D eigenvalue weighted by Gasteiger charge is -2.40. The third kappa shape index (κ3) is 4.58. The number of carbonyl (C=O) groups is 1. The van der Waals surface area contributed by atoms with E-state index in [1.54, 1.807) is 11.9 Å². The molecule has 21 heavy (non-hydrogen) atoms. The van der Waals surface area contributed by atoms with Gasteiger partial charge in [-0.3, -0.25) is 9.69 Å². The zero-order valence-corrected chi connectivity index (χ0v) is 13.9. The van der Waals surface area contributed by atoms with Crippen LogP contribution in [0.15, 0.2) is 30.3 Å². The van der Waals surface area contributed by atoms with Gasteiger partial charge in [0.15, 0.2) is 0 Å². The largest absolute Gasteiger partial charge is 0.373 e. The van der Waals surface area contributed by atoms with E-state index >= 15 is 0 Å². The minimum Gasteiger partial charge on any atom is -0.373 e. The van der Waals surface area contributed by atoms with E-state index in [-0.39, 0.29) is 36.3 Å². The molecule has 2 unspecified atom stereocenters. The van der Waals surface area contributed by atoms with E-state index in [0.29, 0.717) is 13.2 Å². The van der Waals surface area contributed by atoms with Crippen molar-refractivity contribution in [2.75, 3.05) is 39.7 Å². The number of hydrogen-bond acceptors (Lipinski definition) is 3. The Morgan fingerprint density at radius 1 is 1.43 bits per heavy atom. The van der Waals surface area contributed by atoms with Crippen molar-refractivity contribution >= 4 is 29.9 Å². The van der Waals surface area contributed by atoms with E-state index < -0.39 is 0 Å². The van der Waals surface area contributed by atoms with E-state index in [1.807, 2.05) is 18.2 Å². The maximum atomic E-state index is 11.6. The molecule has 0 saturated carbocycles. The number of hydrogen-bond donors (Lipinski definition) is 0. The van der Waals surface area contributed by atoms with Crippen LogP contribution in [0.4, 0.5) is 0 Å². The van der Waals surface area contributed by atoms with Crippen LogP contribution < -0.4 is 0 Å². The summed E-state index contributed by atoms with van der Waals surface area (Å²) in [5.41, 5.74) is 1.21. The summed E-state index contributed by atoms with van der Waals surface area (Å²) in [6, 6.07) is 10.4. The van der Waals surface area contributed by atoms with E-state index in [4.69, 9.17) is 16.3 Å². The van der Waals surface area contributed by atoms with Crippen molar-refractivity contribution in [3.8, 4) is 0 Å². The summed E-state index contributed by atoms with van der Waals surface area (Å²) in [5, 5.41) is 0. The number of carbonyl (C=O) groups excluding carboxylic acids is 1. The highest BCUT2D eigenvalue weighted by atomic mass is 35.5. The predicted octanol–water partition coefficient (Wildman–Crippen LogP) is 2.18. The highest BCUT2D eigenvalue weighted by Gasteiger charge is 2.32. The number of likely N-dealkylation sites (N-methyl/N-ethyl adjacent to an activating group) is 2. The van der Waals surface area contributed by atoms with E-state index in [9.17, 15) is 4.79 Å². The first kappa shape index (κ1) is 18.2. The lowest BCUT2D eigenvalue weighted by atomic mass is 9.98. The lowest BCUT2D eigenvalue weighted by Crippen LogP contribution is -2.48. The van der Waals surface area contributed by atoms with Gasteiger partial charge in [0, 0.05) is 20.1 Å². The van der Waals surface area contributed by atoms with E-state index in [2.05, 4.69) is 24.1 Å². The van der Waals surface area contributed by atoms with Crippen molar-refractivity contribution < 1.29 is 9.53 Å². The fraction of sp³-hybridized carbons (Fsp3) is 0.533. The second-order valence-electron chi connectivity index (χ2n) is 5.15. The SMILES string of the molecule is CN(CC1OCCN(C)C1c1ccccc1)C(=O)CCl.Cl. The highest BCUT2D eigenvalue weighted by molar-refractivity contribution is 6.27. The van der Waals surface area contributed by atoms with Gasteiger partial charge in [0.25, 0.3) is 0 Å². The number of morpholine rings is 1. The maximum absolute atomic E-state index is 11.6. The minimum atomic E-state index is -0.0738.